The highest BCUT2D eigenvalue weighted by Gasteiger charge is 2.14. The van der Waals surface area contributed by atoms with Crippen molar-refractivity contribution in [3.05, 3.63) is 48.0 Å². The lowest BCUT2D eigenvalue weighted by Crippen LogP contribution is -1.97. The highest BCUT2D eigenvalue weighted by Crippen LogP contribution is 2.37. The van der Waals surface area contributed by atoms with Gasteiger partial charge in [0.2, 0.25) is 0 Å². The van der Waals surface area contributed by atoms with Gasteiger partial charge in [0.25, 0.3) is 0 Å². The molecule has 2 aromatic carbocycles. The summed E-state index contributed by atoms with van der Waals surface area (Å²) in [7, 11) is -0.00510. The van der Waals surface area contributed by atoms with Gasteiger partial charge in [0.1, 0.15) is 0 Å². The van der Waals surface area contributed by atoms with Crippen LogP contribution in [0.25, 0.3) is 22.2 Å². The second-order valence-corrected chi connectivity index (χ2v) is 7.83. The normalized spacial score (nSPS) is 11.5. The third-order valence-corrected chi connectivity index (χ3v) is 5.22. The van der Waals surface area contributed by atoms with E-state index in [0.29, 0.717) is 16.4 Å². The Morgan fingerprint density at radius 1 is 0.960 bits per heavy atom. The standard InChI is InChI=1S/C19H19NO4S/c1-12-11-16(13-5-7-14(8-6-13)25(4,21)22)20-15-9-10-17(23-2)19(24-3)18(12)15/h5-11H,1-4H3. The van der Waals surface area contributed by atoms with Crippen molar-refractivity contribution in [1.82, 2.24) is 4.98 Å². The zero-order chi connectivity index (χ0) is 18.2. The van der Waals surface area contributed by atoms with Gasteiger partial charge in [-0.2, -0.15) is 0 Å². The molecule has 1 aromatic heterocycles. The number of fused-ring (bicyclic) bond motifs is 1. The molecule has 0 unspecified atom stereocenters. The number of aromatic nitrogens is 1. The number of aryl methyl sites for hydroxylation is 1. The lowest BCUT2D eigenvalue weighted by atomic mass is 10.0. The number of ether oxygens (including phenoxy) is 2. The first-order valence-corrected chi connectivity index (χ1v) is 9.57. The van der Waals surface area contributed by atoms with Gasteiger partial charge in [-0.1, -0.05) is 12.1 Å². The van der Waals surface area contributed by atoms with E-state index in [9.17, 15) is 8.42 Å². The van der Waals surface area contributed by atoms with Gasteiger partial charge in [-0.05, 0) is 42.8 Å². The quantitative estimate of drug-likeness (QED) is 0.713. The minimum absolute atomic E-state index is 0.292. The summed E-state index contributed by atoms with van der Waals surface area (Å²) in [5.41, 5.74) is 3.42. The first-order valence-electron chi connectivity index (χ1n) is 7.68. The molecule has 5 nitrogen and oxygen atoms in total. The molecule has 3 aromatic rings. The summed E-state index contributed by atoms with van der Waals surface area (Å²) in [4.78, 5) is 4.99. The summed E-state index contributed by atoms with van der Waals surface area (Å²) >= 11 is 0. The minimum atomic E-state index is -3.21. The van der Waals surface area contributed by atoms with E-state index < -0.39 is 9.84 Å². The predicted molar refractivity (Wildman–Crippen MR) is 98.1 cm³/mol. The van der Waals surface area contributed by atoms with Crippen LogP contribution in [-0.4, -0.2) is 33.9 Å². The van der Waals surface area contributed by atoms with E-state index in [4.69, 9.17) is 14.5 Å². The monoisotopic (exact) mass is 357 g/mol. The topological polar surface area (TPSA) is 65.5 Å². The van der Waals surface area contributed by atoms with Gasteiger partial charge in [-0.15, -0.1) is 0 Å². The van der Waals surface area contributed by atoms with E-state index in [1.54, 1.807) is 38.5 Å². The zero-order valence-electron chi connectivity index (χ0n) is 14.5. The molecule has 6 heteroatoms. The van der Waals surface area contributed by atoms with E-state index in [2.05, 4.69) is 0 Å². The van der Waals surface area contributed by atoms with Gasteiger partial charge in [-0.3, -0.25) is 0 Å². The highest BCUT2D eigenvalue weighted by atomic mass is 32.2. The van der Waals surface area contributed by atoms with Crippen LogP contribution >= 0.6 is 0 Å². The molecular weight excluding hydrogens is 338 g/mol. The summed E-state index contributed by atoms with van der Waals surface area (Å²) in [6, 6.07) is 12.4. The van der Waals surface area contributed by atoms with Crippen LogP contribution < -0.4 is 9.47 Å². The van der Waals surface area contributed by atoms with E-state index in [1.165, 1.54) is 6.26 Å². The van der Waals surface area contributed by atoms with Crippen molar-refractivity contribution in [3.8, 4) is 22.8 Å². The Morgan fingerprint density at radius 3 is 2.20 bits per heavy atom. The molecule has 0 aliphatic carbocycles. The molecule has 0 atom stereocenters. The van der Waals surface area contributed by atoms with Crippen molar-refractivity contribution in [1.29, 1.82) is 0 Å². The van der Waals surface area contributed by atoms with Crippen molar-refractivity contribution in [2.24, 2.45) is 0 Å². The number of sulfone groups is 1. The molecule has 0 aliphatic rings. The molecular formula is C19H19NO4S. The number of hydrogen-bond acceptors (Lipinski definition) is 5. The highest BCUT2D eigenvalue weighted by molar-refractivity contribution is 7.90. The molecule has 0 saturated heterocycles. The second-order valence-electron chi connectivity index (χ2n) is 5.82. The van der Waals surface area contributed by atoms with Crippen LogP contribution in [0.3, 0.4) is 0 Å². The van der Waals surface area contributed by atoms with Gasteiger partial charge < -0.3 is 9.47 Å². The molecule has 130 valence electrons. The van der Waals surface area contributed by atoms with Crippen molar-refractivity contribution in [2.45, 2.75) is 11.8 Å². The van der Waals surface area contributed by atoms with Gasteiger partial charge >= 0.3 is 0 Å². The third-order valence-electron chi connectivity index (χ3n) is 4.09. The number of nitrogens with zero attached hydrogens (tertiary/aromatic N) is 1. The van der Waals surface area contributed by atoms with Gasteiger partial charge in [0, 0.05) is 17.2 Å². The molecule has 3 rings (SSSR count). The van der Waals surface area contributed by atoms with Gasteiger partial charge in [0.05, 0.1) is 30.3 Å². The molecule has 1 heterocycles. The largest absolute Gasteiger partial charge is 0.493 e. The molecule has 0 saturated carbocycles. The molecule has 0 fully saturated rings. The summed E-state index contributed by atoms with van der Waals surface area (Å²) in [6.45, 7) is 1.99. The second kappa shape index (κ2) is 6.37. The first kappa shape index (κ1) is 17.2. The third kappa shape index (κ3) is 3.17. The molecule has 0 spiro atoms. The number of benzene rings is 2. The Bertz CT molecular complexity index is 1040. The summed E-state index contributed by atoms with van der Waals surface area (Å²) in [5, 5.41) is 0.901. The maximum absolute atomic E-state index is 11.6. The fourth-order valence-electron chi connectivity index (χ4n) is 2.85. The molecule has 0 bridgehead atoms. The van der Waals surface area contributed by atoms with Crippen molar-refractivity contribution < 1.29 is 17.9 Å². The summed E-state index contributed by atoms with van der Waals surface area (Å²) < 4.78 is 34.0. The van der Waals surface area contributed by atoms with Gasteiger partial charge in [0.15, 0.2) is 21.3 Å². The van der Waals surface area contributed by atoms with Crippen LogP contribution in [0, 0.1) is 6.92 Å². The Balaban J connectivity index is 2.16. The van der Waals surface area contributed by atoms with E-state index in [-0.39, 0.29) is 0 Å². The molecule has 25 heavy (non-hydrogen) atoms. The van der Waals surface area contributed by atoms with Crippen LogP contribution in [0.15, 0.2) is 47.4 Å². The number of hydrogen-bond donors (Lipinski definition) is 0. The number of rotatable bonds is 4. The lowest BCUT2D eigenvalue weighted by Gasteiger charge is -2.13. The van der Waals surface area contributed by atoms with Crippen LogP contribution in [0.2, 0.25) is 0 Å². The van der Waals surface area contributed by atoms with Crippen molar-refractivity contribution >= 4 is 20.7 Å². The Morgan fingerprint density at radius 2 is 1.64 bits per heavy atom. The molecule has 0 amide bonds. The number of methoxy groups -OCH3 is 2. The Kier molecular flexibility index (Phi) is 4.39. The van der Waals surface area contributed by atoms with E-state index in [0.717, 1.165) is 27.7 Å². The maximum atomic E-state index is 11.6. The fraction of sp³-hybridized carbons (Fsp3) is 0.211. The Hall–Kier alpha value is -2.60. The lowest BCUT2D eigenvalue weighted by molar-refractivity contribution is 0.358. The predicted octanol–water partition coefficient (Wildman–Crippen LogP) is 3.63. The van der Waals surface area contributed by atoms with E-state index in [1.807, 2.05) is 25.1 Å². The summed E-state index contributed by atoms with van der Waals surface area (Å²) in [6.07, 6.45) is 1.19. The minimum Gasteiger partial charge on any atom is -0.493 e. The average Bonchev–Trinajstić information content (AvgIpc) is 2.59. The first-order chi connectivity index (χ1) is 11.8. The van der Waals surface area contributed by atoms with Crippen LogP contribution in [-0.2, 0) is 9.84 Å². The Labute approximate surface area is 147 Å². The van der Waals surface area contributed by atoms with Crippen molar-refractivity contribution in [3.63, 3.8) is 0 Å². The van der Waals surface area contributed by atoms with Crippen LogP contribution in [0.4, 0.5) is 0 Å². The van der Waals surface area contributed by atoms with E-state index >= 15 is 0 Å². The smallest absolute Gasteiger partial charge is 0.175 e. The molecule has 0 N–H and O–H groups in total. The SMILES string of the molecule is COc1ccc2nc(-c3ccc(S(C)(=O)=O)cc3)cc(C)c2c1OC. The van der Waals surface area contributed by atoms with Gasteiger partial charge in [-0.25, -0.2) is 13.4 Å². The van der Waals surface area contributed by atoms with Crippen molar-refractivity contribution in [2.75, 3.05) is 20.5 Å². The summed E-state index contributed by atoms with van der Waals surface area (Å²) in [5.74, 6) is 1.31. The van der Waals surface area contributed by atoms with Crippen LogP contribution in [0.1, 0.15) is 5.56 Å². The van der Waals surface area contributed by atoms with Crippen LogP contribution in [0.5, 0.6) is 11.5 Å². The molecule has 0 aliphatic heterocycles. The number of pyridine rings is 1. The zero-order valence-corrected chi connectivity index (χ0v) is 15.3. The average molecular weight is 357 g/mol. The molecule has 0 radical (unpaired) electrons. The maximum Gasteiger partial charge on any atom is 0.175 e. The fourth-order valence-corrected chi connectivity index (χ4v) is 3.48.